The molecule has 2 rings (SSSR count). The molecule has 0 unspecified atom stereocenters. The molecule has 0 saturated carbocycles. The summed E-state index contributed by atoms with van der Waals surface area (Å²) in [6.07, 6.45) is 0.663. The third-order valence-electron chi connectivity index (χ3n) is 3.52. The highest BCUT2D eigenvalue weighted by Gasteiger charge is 2.17. The van der Waals surface area contributed by atoms with E-state index in [1.165, 1.54) is 11.1 Å². The van der Waals surface area contributed by atoms with Crippen LogP contribution in [0.2, 0.25) is 0 Å². The van der Waals surface area contributed by atoms with E-state index in [4.69, 9.17) is 0 Å². The molecule has 0 amide bonds. The topological polar surface area (TPSA) is 58.2 Å². The second kappa shape index (κ2) is 5.84. The van der Waals surface area contributed by atoms with Gasteiger partial charge in [-0.1, -0.05) is 39.0 Å². The van der Waals surface area contributed by atoms with Gasteiger partial charge in [0.15, 0.2) is 0 Å². The fourth-order valence-electron chi connectivity index (χ4n) is 2.16. The molecule has 1 aliphatic rings. The Morgan fingerprint density at radius 3 is 2.60 bits per heavy atom. The van der Waals surface area contributed by atoms with Crippen molar-refractivity contribution in [3.63, 3.8) is 0 Å². The van der Waals surface area contributed by atoms with E-state index < -0.39 is 10.0 Å². The molecule has 0 spiro atoms. The summed E-state index contributed by atoms with van der Waals surface area (Å²) >= 11 is 0. The SMILES string of the molecule is CC(C)(C)CCS(=O)(=O)NCc1ccc2c(c1)CNC2. The number of sulfonamides is 1. The van der Waals surface area contributed by atoms with Gasteiger partial charge < -0.3 is 5.32 Å². The summed E-state index contributed by atoms with van der Waals surface area (Å²) in [6, 6.07) is 6.16. The minimum Gasteiger partial charge on any atom is -0.309 e. The molecule has 2 N–H and O–H groups in total. The predicted octanol–water partition coefficient (Wildman–Crippen LogP) is 2.15. The maximum Gasteiger partial charge on any atom is 0.211 e. The molecule has 1 aliphatic heterocycles. The third kappa shape index (κ3) is 4.58. The Bertz CT molecular complexity index is 574. The lowest BCUT2D eigenvalue weighted by molar-refractivity contribution is 0.396. The summed E-state index contributed by atoms with van der Waals surface area (Å²) in [4.78, 5) is 0. The summed E-state index contributed by atoms with van der Waals surface area (Å²) in [5.41, 5.74) is 3.64. The predicted molar refractivity (Wildman–Crippen MR) is 81.7 cm³/mol. The van der Waals surface area contributed by atoms with Crippen molar-refractivity contribution in [2.45, 2.75) is 46.8 Å². The van der Waals surface area contributed by atoms with Crippen molar-refractivity contribution in [2.75, 3.05) is 5.75 Å². The van der Waals surface area contributed by atoms with Gasteiger partial charge in [0.2, 0.25) is 10.0 Å². The first kappa shape index (κ1) is 15.5. The van der Waals surface area contributed by atoms with Crippen LogP contribution in [-0.4, -0.2) is 14.2 Å². The minimum atomic E-state index is -3.19. The lowest BCUT2D eigenvalue weighted by Crippen LogP contribution is -2.28. The van der Waals surface area contributed by atoms with Gasteiger partial charge in [-0.15, -0.1) is 0 Å². The molecule has 20 heavy (non-hydrogen) atoms. The number of fused-ring (bicyclic) bond motifs is 1. The summed E-state index contributed by atoms with van der Waals surface area (Å²) in [5, 5.41) is 3.29. The van der Waals surface area contributed by atoms with E-state index in [1.807, 2.05) is 6.07 Å². The molecular formula is C15H24N2O2S. The molecule has 4 nitrogen and oxygen atoms in total. The van der Waals surface area contributed by atoms with Crippen LogP contribution >= 0.6 is 0 Å². The van der Waals surface area contributed by atoms with E-state index in [1.54, 1.807) is 0 Å². The smallest absolute Gasteiger partial charge is 0.211 e. The Morgan fingerprint density at radius 1 is 1.20 bits per heavy atom. The first-order chi connectivity index (χ1) is 9.25. The van der Waals surface area contributed by atoms with Gasteiger partial charge in [0.05, 0.1) is 5.75 Å². The van der Waals surface area contributed by atoms with Crippen LogP contribution in [0.3, 0.4) is 0 Å². The summed E-state index contributed by atoms with van der Waals surface area (Å²) in [6.45, 7) is 8.31. The zero-order chi connectivity index (χ0) is 14.8. The average Bonchev–Trinajstić information content (AvgIpc) is 2.81. The van der Waals surface area contributed by atoms with Crippen molar-refractivity contribution in [3.05, 3.63) is 34.9 Å². The van der Waals surface area contributed by atoms with E-state index in [0.29, 0.717) is 13.0 Å². The standard InChI is InChI=1S/C15H24N2O2S/c1-15(2,3)6-7-20(18,19)17-9-12-4-5-13-10-16-11-14(13)8-12/h4-5,8,16-17H,6-7,9-11H2,1-3H3. The van der Waals surface area contributed by atoms with Gasteiger partial charge in [-0.2, -0.15) is 0 Å². The number of nitrogens with one attached hydrogen (secondary N) is 2. The molecule has 0 fully saturated rings. The van der Waals surface area contributed by atoms with Gasteiger partial charge in [0, 0.05) is 19.6 Å². The van der Waals surface area contributed by atoms with Crippen molar-refractivity contribution in [1.82, 2.24) is 10.0 Å². The summed E-state index contributed by atoms with van der Waals surface area (Å²) < 4.78 is 26.6. The van der Waals surface area contributed by atoms with Crippen LogP contribution in [0.5, 0.6) is 0 Å². The second-order valence-corrected chi connectivity index (χ2v) is 8.58. The largest absolute Gasteiger partial charge is 0.309 e. The lowest BCUT2D eigenvalue weighted by atomic mass is 9.94. The van der Waals surface area contributed by atoms with Crippen LogP contribution in [-0.2, 0) is 29.7 Å². The van der Waals surface area contributed by atoms with Crippen LogP contribution in [0.4, 0.5) is 0 Å². The third-order valence-corrected chi connectivity index (χ3v) is 4.84. The van der Waals surface area contributed by atoms with E-state index in [2.05, 4.69) is 42.9 Å². The number of rotatable bonds is 5. The fourth-order valence-corrected chi connectivity index (χ4v) is 3.58. The lowest BCUT2D eigenvalue weighted by Gasteiger charge is -2.18. The number of benzene rings is 1. The molecule has 1 aromatic carbocycles. The van der Waals surface area contributed by atoms with Crippen LogP contribution in [0, 0.1) is 5.41 Å². The number of hydrogen-bond acceptors (Lipinski definition) is 3. The van der Waals surface area contributed by atoms with Crippen LogP contribution < -0.4 is 10.0 Å². The quantitative estimate of drug-likeness (QED) is 0.875. The van der Waals surface area contributed by atoms with Gasteiger partial charge >= 0.3 is 0 Å². The van der Waals surface area contributed by atoms with Gasteiger partial charge in [-0.05, 0) is 28.5 Å². The molecule has 0 atom stereocenters. The van der Waals surface area contributed by atoms with Crippen LogP contribution in [0.15, 0.2) is 18.2 Å². The molecule has 0 bridgehead atoms. The molecular weight excluding hydrogens is 272 g/mol. The molecule has 5 heteroatoms. The summed E-state index contributed by atoms with van der Waals surface area (Å²) in [7, 11) is -3.19. The van der Waals surface area contributed by atoms with E-state index in [9.17, 15) is 8.42 Å². The highest BCUT2D eigenvalue weighted by Crippen LogP contribution is 2.19. The van der Waals surface area contributed by atoms with Crippen molar-refractivity contribution >= 4 is 10.0 Å². The van der Waals surface area contributed by atoms with Crippen LogP contribution in [0.1, 0.15) is 43.9 Å². The van der Waals surface area contributed by atoms with Gasteiger partial charge in [-0.3, -0.25) is 0 Å². The molecule has 0 radical (unpaired) electrons. The maximum atomic E-state index is 12.0. The fraction of sp³-hybridized carbons (Fsp3) is 0.600. The Morgan fingerprint density at radius 2 is 1.90 bits per heavy atom. The second-order valence-electron chi connectivity index (χ2n) is 6.66. The molecule has 0 saturated heterocycles. The van der Waals surface area contributed by atoms with E-state index in [0.717, 1.165) is 18.7 Å². The highest BCUT2D eigenvalue weighted by atomic mass is 32.2. The van der Waals surface area contributed by atoms with Crippen molar-refractivity contribution in [2.24, 2.45) is 5.41 Å². The normalized spacial score (nSPS) is 15.3. The minimum absolute atomic E-state index is 0.0357. The average molecular weight is 296 g/mol. The van der Waals surface area contributed by atoms with Crippen molar-refractivity contribution < 1.29 is 8.42 Å². The van der Waals surface area contributed by atoms with Crippen molar-refractivity contribution in [3.8, 4) is 0 Å². The summed E-state index contributed by atoms with van der Waals surface area (Å²) in [5.74, 6) is 0.184. The number of hydrogen-bond donors (Lipinski definition) is 2. The van der Waals surface area contributed by atoms with Gasteiger partial charge in [-0.25, -0.2) is 13.1 Å². The molecule has 1 aromatic rings. The van der Waals surface area contributed by atoms with Gasteiger partial charge in [0.1, 0.15) is 0 Å². The van der Waals surface area contributed by atoms with E-state index >= 15 is 0 Å². The van der Waals surface area contributed by atoms with E-state index in [-0.39, 0.29) is 11.2 Å². The van der Waals surface area contributed by atoms with Crippen LogP contribution in [0.25, 0.3) is 0 Å². The Kier molecular flexibility index (Phi) is 4.52. The molecule has 1 heterocycles. The Hall–Kier alpha value is -0.910. The first-order valence-corrected chi connectivity index (χ1v) is 8.69. The Balaban J connectivity index is 1.91. The highest BCUT2D eigenvalue weighted by molar-refractivity contribution is 7.89. The zero-order valence-corrected chi connectivity index (χ0v) is 13.3. The zero-order valence-electron chi connectivity index (χ0n) is 12.5. The molecule has 112 valence electrons. The first-order valence-electron chi connectivity index (χ1n) is 7.04. The Labute approximate surface area is 122 Å². The van der Waals surface area contributed by atoms with Crippen molar-refractivity contribution in [1.29, 1.82) is 0 Å². The maximum absolute atomic E-state index is 12.0. The van der Waals surface area contributed by atoms with Gasteiger partial charge in [0.25, 0.3) is 0 Å². The molecule has 0 aliphatic carbocycles. The monoisotopic (exact) mass is 296 g/mol. The molecule has 0 aromatic heterocycles.